The molecule has 2 aromatic rings. The zero-order valence-corrected chi connectivity index (χ0v) is 13.2. The Morgan fingerprint density at radius 3 is 2.40 bits per heavy atom. The monoisotopic (exact) mass is 339 g/mol. The van der Waals surface area contributed by atoms with E-state index in [1.54, 1.807) is 14.0 Å². The summed E-state index contributed by atoms with van der Waals surface area (Å²) in [5.74, 6) is -0.795. The van der Waals surface area contributed by atoms with Crippen molar-refractivity contribution in [3.05, 3.63) is 68.7 Å². The van der Waals surface area contributed by atoms with Gasteiger partial charge < -0.3 is 5.32 Å². The SMILES string of the molecule is CNC(c1cc(F)c(C)cc1F)c1cccc(Br)c1C. The summed E-state index contributed by atoms with van der Waals surface area (Å²) in [5.41, 5.74) is 2.56. The Kier molecular flexibility index (Phi) is 4.55. The predicted molar refractivity (Wildman–Crippen MR) is 80.9 cm³/mol. The van der Waals surface area contributed by atoms with E-state index in [4.69, 9.17) is 0 Å². The van der Waals surface area contributed by atoms with E-state index in [-0.39, 0.29) is 6.04 Å². The molecular weight excluding hydrogens is 324 g/mol. The van der Waals surface area contributed by atoms with Crippen LogP contribution in [0.4, 0.5) is 8.78 Å². The van der Waals surface area contributed by atoms with Gasteiger partial charge in [-0.25, -0.2) is 8.78 Å². The summed E-state index contributed by atoms with van der Waals surface area (Å²) in [7, 11) is 1.74. The Labute approximate surface area is 126 Å². The third kappa shape index (κ3) is 2.76. The first-order chi connectivity index (χ1) is 9.45. The summed E-state index contributed by atoms with van der Waals surface area (Å²) in [6.45, 7) is 3.51. The van der Waals surface area contributed by atoms with Gasteiger partial charge in [-0.05, 0) is 55.8 Å². The topological polar surface area (TPSA) is 12.0 Å². The maximum absolute atomic E-state index is 14.2. The number of aryl methyl sites for hydroxylation is 1. The van der Waals surface area contributed by atoms with E-state index in [9.17, 15) is 8.78 Å². The number of halogens is 3. The quantitative estimate of drug-likeness (QED) is 0.857. The molecule has 0 fully saturated rings. The molecule has 1 atom stereocenters. The van der Waals surface area contributed by atoms with Crippen molar-refractivity contribution in [2.75, 3.05) is 7.05 Å². The van der Waals surface area contributed by atoms with Crippen LogP contribution < -0.4 is 5.32 Å². The zero-order chi connectivity index (χ0) is 14.9. The van der Waals surface area contributed by atoms with Gasteiger partial charge in [0.15, 0.2) is 0 Å². The van der Waals surface area contributed by atoms with Crippen LogP contribution in [0.3, 0.4) is 0 Å². The third-order valence-corrected chi connectivity index (χ3v) is 4.36. The summed E-state index contributed by atoms with van der Waals surface area (Å²) in [6, 6.07) is 7.85. The van der Waals surface area contributed by atoms with Gasteiger partial charge in [0.05, 0.1) is 6.04 Å². The standard InChI is InChI=1S/C16H16BrF2N/c1-9-7-15(19)12(8-14(9)18)16(20-3)11-5-4-6-13(17)10(11)2/h4-8,16,20H,1-3H3. The highest BCUT2D eigenvalue weighted by molar-refractivity contribution is 9.10. The summed E-state index contributed by atoms with van der Waals surface area (Å²) < 4.78 is 28.9. The van der Waals surface area contributed by atoms with Crippen LogP contribution >= 0.6 is 15.9 Å². The second-order valence-electron chi connectivity index (χ2n) is 4.80. The molecule has 0 radical (unpaired) electrons. The van der Waals surface area contributed by atoms with Crippen molar-refractivity contribution < 1.29 is 8.78 Å². The van der Waals surface area contributed by atoms with Crippen molar-refractivity contribution in [1.82, 2.24) is 5.32 Å². The molecule has 0 saturated carbocycles. The number of hydrogen-bond acceptors (Lipinski definition) is 1. The molecule has 0 spiro atoms. The second-order valence-corrected chi connectivity index (χ2v) is 5.65. The van der Waals surface area contributed by atoms with Gasteiger partial charge in [0.1, 0.15) is 11.6 Å². The van der Waals surface area contributed by atoms with Gasteiger partial charge in [0, 0.05) is 10.0 Å². The second kappa shape index (κ2) is 6.02. The maximum Gasteiger partial charge on any atom is 0.128 e. The Bertz CT molecular complexity index is 641. The molecule has 0 amide bonds. The fourth-order valence-corrected chi connectivity index (χ4v) is 2.68. The normalized spacial score (nSPS) is 12.5. The maximum atomic E-state index is 14.2. The molecule has 1 nitrogen and oxygen atoms in total. The predicted octanol–water partition coefficient (Wildman–Crippen LogP) is 4.65. The highest BCUT2D eigenvalue weighted by atomic mass is 79.9. The highest BCUT2D eigenvalue weighted by Gasteiger charge is 2.20. The average molecular weight is 340 g/mol. The molecular formula is C16H16BrF2N. The molecule has 1 N–H and O–H groups in total. The molecule has 0 bridgehead atoms. The Morgan fingerprint density at radius 1 is 1.05 bits per heavy atom. The van der Waals surface area contributed by atoms with Crippen LogP contribution in [0.15, 0.2) is 34.8 Å². The fraction of sp³-hybridized carbons (Fsp3) is 0.250. The van der Waals surface area contributed by atoms with Crippen molar-refractivity contribution in [2.45, 2.75) is 19.9 Å². The first kappa shape index (κ1) is 15.1. The molecule has 0 aliphatic heterocycles. The van der Waals surface area contributed by atoms with Crippen LogP contribution in [0, 0.1) is 25.5 Å². The van der Waals surface area contributed by atoms with E-state index in [2.05, 4.69) is 21.2 Å². The van der Waals surface area contributed by atoms with Crippen LogP contribution in [-0.4, -0.2) is 7.05 Å². The molecule has 0 heterocycles. The lowest BCUT2D eigenvalue weighted by Gasteiger charge is -2.21. The number of rotatable bonds is 3. The fourth-order valence-electron chi connectivity index (χ4n) is 2.30. The van der Waals surface area contributed by atoms with Crippen molar-refractivity contribution in [3.8, 4) is 0 Å². The zero-order valence-electron chi connectivity index (χ0n) is 11.6. The highest BCUT2D eigenvalue weighted by Crippen LogP contribution is 2.31. The Balaban J connectivity index is 2.58. The molecule has 1 unspecified atom stereocenters. The minimum absolute atomic E-state index is 0.312. The van der Waals surface area contributed by atoms with Crippen molar-refractivity contribution in [1.29, 1.82) is 0 Å². The molecule has 0 aromatic heterocycles. The number of nitrogens with one attached hydrogen (secondary N) is 1. The lowest BCUT2D eigenvalue weighted by molar-refractivity contribution is 0.553. The van der Waals surface area contributed by atoms with Crippen LogP contribution in [0.2, 0.25) is 0 Å². The summed E-state index contributed by atoms with van der Waals surface area (Å²) in [6.07, 6.45) is 0. The first-order valence-electron chi connectivity index (χ1n) is 6.33. The van der Waals surface area contributed by atoms with E-state index in [0.29, 0.717) is 11.1 Å². The molecule has 0 saturated heterocycles. The summed E-state index contributed by atoms with van der Waals surface area (Å²) in [5, 5.41) is 3.06. The Hall–Kier alpha value is -1.26. The van der Waals surface area contributed by atoms with Crippen LogP contribution in [0.1, 0.15) is 28.3 Å². The lowest BCUT2D eigenvalue weighted by Crippen LogP contribution is -2.20. The first-order valence-corrected chi connectivity index (χ1v) is 7.12. The molecule has 0 aliphatic carbocycles. The van der Waals surface area contributed by atoms with Gasteiger partial charge >= 0.3 is 0 Å². The van der Waals surface area contributed by atoms with E-state index >= 15 is 0 Å². The van der Waals surface area contributed by atoms with Crippen molar-refractivity contribution in [3.63, 3.8) is 0 Å². The van der Waals surface area contributed by atoms with Crippen molar-refractivity contribution >= 4 is 15.9 Å². The molecule has 2 aromatic carbocycles. The molecule has 2 rings (SSSR count). The largest absolute Gasteiger partial charge is 0.309 e. The molecule has 0 aliphatic rings. The molecule has 4 heteroatoms. The molecule has 106 valence electrons. The van der Waals surface area contributed by atoms with Gasteiger partial charge in [-0.15, -0.1) is 0 Å². The van der Waals surface area contributed by atoms with Crippen molar-refractivity contribution in [2.24, 2.45) is 0 Å². The van der Waals surface area contributed by atoms with Crippen LogP contribution in [-0.2, 0) is 0 Å². The van der Waals surface area contributed by atoms with Gasteiger partial charge in [-0.1, -0.05) is 28.1 Å². The summed E-state index contributed by atoms with van der Waals surface area (Å²) >= 11 is 3.47. The third-order valence-electron chi connectivity index (χ3n) is 3.50. The number of benzene rings is 2. The minimum atomic E-state index is -0.400. The molecule has 20 heavy (non-hydrogen) atoms. The van der Waals surface area contributed by atoms with Gasteiger partial charge in [0.2, 0.25) is 0 Å². The minimum Gasteiger partial charge on any atom is -0.309 e. The van der Waals surface area contributed by atoms with Crippen LogP contribution in [0.5, 0.6) is 0 Å². The van der Waals surface area contributed by atoms with Crippen LogP contribution in [0.25, 0.3) is 0 Å². The van der Waals surface area contributed by atoms with Gasteiger partial charge in [0.25, 0.3) is 0 Å². The lowest BCUT2D eigenvalue weighted by atomic mass is 9.94. The summed E-state index contributed by atoms with van der Waals surface area (Å²) in [4.78, 5) is 0. The number of hydrogen-bond donors (Lipinski definition) is 1. The van der Waals surface area contributed by atoms with E-state index in [1.165, 1.54) is 12.1 Å². The van der Waals surface area contributed by atoms with E-state index in [1.807, 2.05) is 25.1 Å². The van der Waals surface area contributed by atoms with Gasteiger partial charge in [-0.2, -0.15) is 0 Å². The van der Waals surface area contributed by atoms with E-state index < -0.39 is 11.6 Å². The average Bonchev–Trinajstić information content (AvgIpc) is 2.41. The van der Waals surface area contributed by atoms with E-state index in [0.717, 1.165) is 15.6 Å². The van der Waals surface area contributed by atoms with Gasteiger partial charge in [-0.3, -0.25) is 0 Å². The smallest absolute Gasteiger partial charge is 0.128 e. The Morgan fingerprint density at radius 2 is 1.75 bits per heavy atom.